The molecule has 0 aromatic carbocycles. The van der Waals surface area contributed by atoms with Gasteiger partial charge in [-0.25, -0.2) is 4.98 Å². The highest BCUT2D eigenvalue weighted by molar-refractivity contribution is 8.00. The maximum absolute atomic E-state index is 12.0. The van der Waals surface area contributed by atoms with Crippen molar-refractivity contribution in [3.8, 4) is 0 Å². The molecule has 0 radical (unpaired) electrons. The molecule has 100 valence electrons. The zero-order chi connectivity index (χ0) is 13.0. The summed E-state index contributed by atoms with van der Waals surface area (Å²) in [6.45, 7) is 1.32. The fourth-order valence-corrected chi connectivity index (χ4v) is 3.72. The van der Waals surface area contributed by atoms with Crippen molar-refractivity contribution in [2.24, 2.45) is 5.73 Å². The smallest absolute Gasteiger partial charge is 0.270 e. The zero-order valence-electron chi connectivity index (χ0n) is 10.6. The molecule has 0 bridgehead atoms. The fourth-order valence-electron chi connectivity index (χ4n) is 2.01. The number of amides is 1. The molecule has 3 N–H and O–H groups in total. The molecule has 0 saturated heterocycles. The van der Waals surface area contributed by atoms with Crippen molar-refractivity contribution in [3.05, 3.63) is 16.1 Å². The van der Waals surface area contributed by atoms with Gasteiger partial charge in [-0.15, -0.1) is 11.3 Å². The van der Waals surface area contributed by atoms with Gasteiger partial charge in [-0.1, -0.05) is 6.42 Å². The third kappa shape index (κ3) is 3.05. The second kappa shape index (κ2) is 6.04. The summed E-state index contributed by atoms with van der Waals surface area (Å²) in [4.78, 5) is 16.2. The minimum atomic E-state index is -0.0603. The second-order valence-electron chi connectivity index (χ2n) is 4.59. The first kappa shape index (κ1) is 13.8. The van der Waals surface area contributed by atoms with Crippen molar-refractivity contribution in [2.75, 3.05) is 19.3 Å². The Kier molecular flexibility index (Phi) is 4.64. The van der Waals surface area contributed by atoms with Gasteiger partial charge >= 0.3 is 0 Å². The Hall–Kier alpha value is -0.590. The molecule has 0 atom stereocenters. The second-order valence-corrected chi connectivity index (χ2v) is 6.81. The predicted octanol–water partition coefficient (Wildman–Crippen LogP) is 1.66. The average molecular weight is 285 g/mol. The lowest BCUT2D eigenvalue weighted by Crippen LogP contribution is -2.45. The van der Waals surface area contributed by atoms with E-state index in [0.717, 1.165) is 18.0 Å². The van der Waals surface area contributed by atoms with E-state index in [-0.39, 0.29) is 10.7 Å². The van der Waals surface area contributed by atoms with Gasteiger partial charge in [-0.3, -0.25) is 4.79 Å². The van der Waals surface area contributed by atoms with Crippen LogP contribution in [-0.4, -0.2) is 35.0 Å². The van der Waals surface area contributed by atoms with Gasteiger partial charge in [-0.2, -0.15) is 11.8 Å². The minimum Gasteiger partial charge on any atom is -0.349 e. The third-order valence-corrected chi connectivity index (χ3v) is 5.74. The lowest BCUT2D eigenvalue weighted by Gasteiger charge is -2.40. The van der Waals surface area contributed by atoms with Gasteiger partial charge in [0, 0.05) is 23.1 Å². The molecule has 0 unspecified atom stereocenters. The number of aromatic nitrogens is 1. The number of hydrogen-bond acceptors (Lipinski definition) is 5. The van der Waals surface area contributed by atoms with Gasteiger partial charge in [0.25, 0.3) is 5.91 Å². The summed E-state index contributed by atoms with van der Waals surface area (Å²) in [6, 6.07) is 0. The number of hydrogen-bond donors (Lipinski definition) is 2. The highest BCUT2D eigenvalue weighted by Crippen LogP contribution is 2.42. The zero-order valence-corrected chi connectivity index (χ0v) is 12.2. The number of carbonyl (C=O) groups excluding carboxylic acids is 1. The van der Waals surface area contributed by atoms with Crippen LogP contribution < -0.4 is 11.1 Å². The predicted molar refractivity (Wildman–Crippen MR) is 77.3 cm³/mol. The maximum Gasteiger partial charge on any atom is 0.270 e. The maximum atomic E-state index is 12.0. The Morgan fingerprint density at radius 2 is 2.44 bits per heavy atom. The first-order valence-corrected chi connectivity index (χ1v) is 8.27. The Bertz CT molecular complexity index is 410. The number of nitrogens with two attached hydrogens (primary N) is 1. The lowest BCUT2D eigenvalue weighted by atomic mass is 9.84. The van der Waals surface area contributed by atoms with Crippen LogP contribution in [-0.2, 0) is 6.42 Å². The summed E-state index contributed by atoms with van der Waals surface area (Å²) in [5.74, 6) is -0.0603. The van der Waals surface area contributed by atoms with E-state index in [4.69, 9.17) is 5.73 Å². The summed E-state index contributed by atoms with van der Waals surface area (Å²) >= 11 is 3.36. The molecule has 4 nitrogen and oxygen atoms in total. The van der Waals surface area contributed by atoms with Crippen LogP contribution in [0.15, 0.2) is 5.38 Å². The van der Waals surface area contributed by atoms with Gasteiger partial charge in [0.15, 0.2) is 0 Å². The van der Waals surface area contributed by atoms with Gasteiger partial charge in [0.05, 0.1) is 5.01 Å². The average Bonchev–Trinajstić information content (AvgIpc) is 2.77. The highest BCUT2D eigenvalue weighted by Gasteiger charge is 2.36. The molecule has 1 aromatic heterocycles. The number of carbonyl (C=O) groups is 1. The Balaban J connectivity index is 1.87. The summed E-state index contributed by atoms with van der Waals surface area (Å²) in [5, 5.41) is 5.75. The number of thiazole rings is 1. The van der Waals surface area contributed by atoms with Crippen molar-refractivity contribution < 1.29 is 4.79 Å². The quantitative estimate of drug-likeness (QED) is 0.834. The molecule has 6 heteroatoms. The molecular formula is C12H19N3OS2. The van der Waals surface area contributed by atoms with Crippen molar-refractivity contribution in [1.29, 1.82) is 0 Å². The molecule has 1 saturated carbocycles. The largest absolute Gasteiger partial charge is 0.349 e. The molecular weight excluding hydrogens is 266 g/mol. The number of nitrogens with one attached hydrogen (secondary N) is 1. The van der Waals surface area contributed by atoms with Crippen molar-refractivity contribution in [2.45, 2.75) is 30.4 Å². The molecule has 1 aliphatic rings. The SMILES string of the molecule is CSC1(CNC(=O)c2csc(CCN)n2)CCC1. The number of nitrogens with zero attached hydrogens (tertiary/aromatic N) is 1. The molecule has 1 aromatic rings. The van der Waals surface area contributed by atoms with E-state index in [1.807, 2.05) is 17.1 Å². The van der Waals surface area contributed by atoms with Crippen LogP contribution >= 0.6 is 23.1 Å². The molecule has 1 fully saturated rings. The summed E-state index contributed by atoms with van der Waals surface area (Å²) < 4.78 is 0.270. The van der Waals surface area contributed by atoms with E-state index < -0.39 is 0 Å². The fraction of sp³-hybridized carbons (Fsp3) is 0.667. The van der Waals surface area contributed by atoms with E-state index >= 15 is 0 Å². The van der Waals surface area contributed by atoms with Crippen molar-refractivity contribution >= 4 is 29.0 Å². The molecule has 1 amide bonds. The van der Waals surface area contributed by atoms with Crippen LogP contribution in [0.2, 0.25) is 0 Å². The molecule has 18 heavy (non-hydrogen) atoms. The summed E-state index contributed by atoms with van der Waals surface area (Å²) in [7, 11) is 0. The van der Waals surface area contributed by atoms with Crippen molar-refractivity contribution in [3.63, 3.8) is 0 Å². The lowest BCUT2D eigenvalue weighted by molar-refractivity contribution is 0.0939. The van der Waals surface area contributed by atoms with Crippen LogP contribution in [0.5, 0.6) is 0 Å². The van der Waals surface area contributed by atoms with E-state index in [9.17, 15) is 4.79 Å². The molecule has 1 heterocycles. The normalized spacial score (nSPS) is 17.2. The Labute approximate surface area is 116 Å². The van der Waals surface area contributed by atoms with Gasteiger partial charge in [-0.05, 0) is 25.6 Å². The van der Waals surface area contributed by atoms with E-state index in [0.29, 0.717) is 12.2 Å². The van der Waals surface area contributed by atoms with Gasteiger partial charge in [0.2, 0.25) is 0 Å². The van der Waals surface area contributed by atoms with Crippen LogP contribution in [0.1, 0.15) is 34.8 Å². The standard InChI is InChI=1S/C12H19N3OS2/c1-17-12(4-2-5-12)8-14-11(16)9-7-18-10(15-9)3-6-13/h7H,2-6,8,13H2,1H3,(H,14,16). The first-order chi connectivity index (χ1) is 8.69. The molecule has 0 spiro atoms. The van der Waals surface area contributed by atoms with E-state index in [2.05, 4.69) is 16.6 Å². The van der Waals surface area contributed by atoms with Gasteiger partial charge < -0.3 is 11.1 Å². The Morgan fingerprint density at radius 1 is 1.67 bits per heavy atom. The monoisotopic (exact) mass is 285 g/mol. The number of thioether (sulfide) groups is 1. The van der Waals surface area contributed by atoms with E-state index in [1.54, 1.807) is 0 Å². The van der Waals surface area contributed by atoms with Crippen LogP contribution in [0, 0.1) is 0 Å². The molecule has 0 aliphatic heterocycles. The first-order valence-electron chi connectivity index (χ1n) is 6.17. The number of rotatable bonds is 6. The molecule has 1 aliphatic carbocycles. The topological polar surface area (TPSA) is 68.0 Å². The third-order valence-electron chi connectivity index (χ3n) is 3.41. The minimum absolute atomic E-state index is 0.0603. The highest BCUT2D eigenvalue weighted by atomic mass is 32.2. The summed E-state index contributed by atoms with van der Waals surface area (Å²) in [6.07, 6.45) is 6.53. The van der Waals surface area contributed by atoms with Crippen LogP contribution in [0.4, 0.5) is 0 Å². The van der Waals surface area contributed by atoms with Crippen molar-refractivity contribution in [1.82, 2.24) is 10.3 Å². The molecule has 2 rings (SSSR count). The van der Waals surface area contributed by atoms with Crippen LogP contribution in [0.3, 0.4) is 0 Å². The van der Waals surface area contributed by atoms with E-state index in [1.165, 1.54) is 30.6 Å². The van der Waals surface area contributed by atoms with Crippen LogP contribution in [0.25, 0.3) is 0 Å². The summed E-state index contributed by atoms with van der Waals surface area (Å²) in [5.41, 5.74) is 6.00. The Morgan fingerprint density at radius 3 is 3.00 bits per heavy atom. The van der Waals surface area contributed by atoms with Gasteiger partial charge in [0.1, 0.15) is 5.69 Å².